The van der Waals surface area contributed by atoms with Crippen LogP contribution in [0.5, 0.6) is 0 Å². The quantitative estimate of drug-likeness (QED) is 0.798. The summed E-state index contributed by atoms with van der Waals surface area (Å²) in [6.45, 7) is 13.9. The van der Waals surface area contributed by atoms with E-state index in [0.717, 1.165) is 18.4 Å². The smallest absolute Gasteiger partial charge is 0.0638 e. The normalized spacial score (nSPS) is 10.9. The Morgan fingerprint density at radius 2 is 1.29 bits per heavy atom. The van der Waals surface area contributed by atoms with Crippen molar-refractivity contribution >= 4 is 0 Å². The fraction of sp³-hybridized carbons (Fsp3) is 0.929. The summed E-state index contributed by atoms with van der Waals surface area (Å²) in [5.41, 5.74) is 0. The average Bonchev–Trinajstić information content (AvgIpc) is 2.15. The second kappa shape index (κ2) is 17.8. The summed E-state index contributed by atoms with van der Waals surface area (Å²) in [4.78, 5) is 0. The Kier molecular flexibility index (Phi) is 22.7. The lowest BCUT2D eigenvalue weighted by Crippen LogP contribution is -2.34. The molecule has 0 radical (unpaired) electrons. The van der Waals surface area contributed by atoms with Gasteiger partial charge in [-0.3, -0.25) is 0 Å². The van der Waals surface area contributed by atoms with Crippen molar-refractivity contribution in [2.75, 3.05) is 20.6 Å². The molecule has 0 rings (SSSR count). The maximum atomic E-state index is 8.28. The number of likely N-dealkylation sites (N-methyl/N-ethyl adjacent to an activating group) is 2. The van der Waals surface area contributed by atoms with Gasteiger partial charge in [0.2, 0.25) is 0 Å². The fourth-order valence-corrected chi connectivity index (χ4v) is 0.633. The van der Waals surface area contributed by atoms with Crippen LogP contribution in [0.2, 0.25) is 0 Å². The van der Waals surface area contributed by atoms with Gasteiger partial charge in [-0.25, -0.2) is 0 Å². The zero-order chi connectivity index (χ0) is 14.3. The molecule has 0 heterocycles. The van der Waals surface area contributed by atoms with E-state index in [0.29, 0.717) is 12.5 Å². The lowest BCUT2D eigenvalue weighted by molar-refractivity contribution is 0.542. The Labute approximate surface area is 109 Å². The van der Waals surface area contributed by atoms with Crippen molar-refractivity contribution in [2.45, 2.75) is 54.0 Å². The zero-order valence-corrected chi connectivity index (χ0v) is 13.1. The number of hydrogen-bond acceptors (Lipinski definition) is 3. The van der Waals surface area contributed by atoms with Gasteiger partial charge in [-0.1, -0.05) is 41.5 Å². The molecular weight excluding hydrogens is 210 g/mol. The highest BCUT2D eigenvalue weighted by atomic mass is 14.9. The molecule has 17 heavy (non-hydrogen) atoms. The number of rotatable bonds is 4. The maximum absolute atomic E-state index is 8.28. The van der Waals surface area contributed by atoms with Gasteiger partial charge in [0.15, 0.2) is 0 Å². The molecular formula is C14H33N3. The number of hydrogen-bond donors (Lipinski definition) is 2. The van der Waals surface area contributed by atoms with Crippen LogP contribution < -0.4 is 10.6 Å². The SMILES string of the molecule is CC(C)C.CC(C)C.CNCC(CC#N)NC. The van der Waals surface area contributed by atoms with Crippen molar-refractivity contribution in [3.63, 3.8) is 0 Å². The highest BCUT2D eigenvalue weighted by molar-refractivity contribution is 4.80. The van der Waals surface area contributed by atoms with E-state index >= 15 is 0 Å². The van der Waals surface area contributed by atoms with Gasteiger partial charge in [0, 0.05) is 12.6 Å². The molecule has 0 aromatic heterocycles. The van der Waals surface area contributed by atoms with Gasteiger partial charge in [0.25, 0.3) is 0 Å². The van der Waals surface area contributed by atoms with E-state index in [1.807, 2.05) is 14.1 Å². The molecule has 0 aromatic rings. The van der Waals surface area contributed by atoms with Crippen LogP contribution in [-0.4, -0.2) is 26.7 Å². The first-order chi connectivity index (χ1) is 7.81. The predicted molar refractivity (Wildman–Crippen MR) is 78.0 cm³/mol. The molecule has 0 spiro atoms. The van der Waals surface area contributed by atoms with Crippen LogP contribution in [0.1, 0.15) is 48.0 Å². The molecule has 3 nitrogen and oxygen atoms in total. The summed E-state index contributed by atoms with van der Waals surface area (Å²) >= 11 is 0. The molecule has 0 saturated carbocycles. The largest absolute Gasteiger partial charge is 0.318 e. The summed E-state index contributed by atoms with van der Waals surface area (Å²) in [5, 5.41) is 14.3. The summed E-state index contributed by atoms with van der Waals surface area (Å²) in [5.74, 6) is 1.67. The van der Waals surface area contributed by atoms with E-state index in [-0.39, 0.29) is 0 Å². The van der Waals surface area contributed by atoms with Gasteiger partial charge in [-0.05, 0) is 25.9 Å². The van der Waals surface area contributed by atoms with Crippen LogP contribution in [0.3, 0.4) is 0 Å². The van der Waals surface area contributed by atoms with Crippen LogP contribution in [0, 0.1) is 23.2 Å². The zero-order valence-electron chi connectivity index (χ0n) is 13.1. The Hall–Kier alpha value is -0.590. The number of nitriles is 1. The van der Waals surface area contributed by atoms with Crippen molar-refractivity contribution < 1.29 is 0 Å². The minimum absolute atomic E-state index is 0.292. The van der Waals surface area contributed by atoms with Crippen LogP contribution in [-0.2, 0) is 0 Å². The van der Waals surface area contributed by atoms with E-state index in [2.05, 4.69) is 58.2 Å². The molecule has 3 heteroatoms. The van der Waals surface area contributed by atoms with Crippen molar-refractivity contribution in [3.05, 3.63) is 0 Å². The first-order valence-electron chi connectivity index (χ1n) is 6.50. The van der Waals surface area contributed by atoms with E-state index in [4.69, 9.17) is 5.26 Å². The van der Waals surface area contributed by atoms with E-state index in [1.165, 1.54) is 0 Å². The lowest BCUT2D eigenvalue weighted by Gasteiger charge is -2.09. The highest BCUT2D eigenvalue weighted by Crippen LogP contribution is 1.84. The average molecular weight is 243 g/mol. The molecule has 0 bridgehead atoms. The summed E-state index contributed by atoms with van der Waals surface area (Å²) < 4.78 is 0. The van der Waals surface area contributed by atoms with Crippen molar-refractivity contribution in [3.8, 4) is 6.07 Å². The fourth-order valence-electron chi connectivity index (χ4n) is 0.633. The summed E-state index contributed by atoms with van der Waals surface area (Å²) in [7, 11) is 3.74. The van der Waals surface area contributed by atoms with E-state index in [9.17, 15) is 0 Å². The third-order valence-electron chi connectivity index (χ3n) is 1.20. The molecule has 0 aliphatic rings. The standard InChI is InChI=1S/C6H13N3.2C4H10/c1-8-5-6(9-2)3-4-7;2*1-4(2)3/h6,8-9H,3,5H2,1-2H3;2*4H,1-3H3. The van der Waals surface area contributed by atoms with Gasteiger partial charge in [-0.2, -0.15) is 5.26 Å². The van der Waals surface area contributed by atoms with Crippen LogP contribution in [0.15, 0.2) is 0 Å². The van der Waals surface area contributed by atoms with Crippen LogP contribution in [0.25, 0.3) is 0 Å². The molecule has 1 atom stereocenters. The maximum Gasteiger partial charge on any atom is 0.0638 e. The Balaban J connectivity index is -0.000000205. The third kappa shape index (κ3) is 50.5. The predicted octanol–water partition coefficient (Wildman–Crippen LogP) is 3.03. The highest BCUT2D eigenvalue weighted by Gasteiger charge is 2.00. The first kappa shape index (κ1) is 21.7. The molecule has 0 aliphatic carbocycles. The Bertz CT molecular complexity index is 148. The van der Waals surface area contributed by atoms with Gasteiger partial charge in [-0.15, -0.1) is 0 Å². The Morgan fingerprint density at radius 1 is 0.941 bits per heavy atom. The summed E-state index contributed by atoms with van der Waals surface area (Å²) in [6.07, 6.45) is 0.567. The van der Waals surface area contributed by atoms with Crippen molar-refractivity contribution in [1.29, 1.82) is 5.26 Å². The molecule has 0 amide bonds. The molecule has 1 unspecified atom stereocenters. The van der Waals surface area contributed by atoms with Crippen LogP contribution >= 0.6 is 0 Å². The van der Waals surface area contributed by atoms with Gasteiger partial charge < -0.3 is 10.6 Å². The second-order valence-electron chi connectivity index (χ2n) is 5.37. The molecule has 2 N–H and O–H groups in total. The van der Waals surface area contributed by atoms with Crippen LogP contribution in [0.4, 0.5) is 0 Å². The van der Waals surface area contributed by atoms with Gasteiger partial charge in [0.1, 0.15) is 0 Å². The number of nitrogens with one attached hydrogen (secondary N) is 2. The van der Waals surface area contributed by atoms with Crippen molar-refractivity contribution in [1.82, 2.24) is 10.6 Å². The van der Waals surface area contributed by atoms with Gasteiger partial charge >= 0.3 is 0 Å². The first-order valence-corrected chi connectivity index (χ1v) is 6.50. The molecule has 0 aromatic carbocycles. The summed E-state index contributed by atoms with van der Waals surface area (Å²) in [6, 6.07) is 2.39. The molecule has 0 fully saturated rings. The van der Waals surface area contributed by atoms with Crippen molar-refractivity contribution in [2.24, 2.45) is 11.8 Å². The minimum atomic E-state index is 0.292. The topological polar surface area (TPSA) is 47.9 Å². The lowest BCUT2D eigenvalue weighted by atomic mass is 10.2. The Morgan fingerprint density at radius 3 is 1.47 bits per heavy atom. The minimum Gasteiger partial charge on any atom is -0.318 e. The monoisotopic (exact) mass is 243 g/mol. The molecule has 0 saturated heterocycles. The second-order valence-corrected chi connectivity index (χ2v) is 5.37. The number of nitrogens with zero attached hydrogens (tertiary/aromatic N) is 1. The van der Waals surface area contributed by atoms with Gasteiger partial charge in [0.05, 0.1) is 12.5 Å². The molecule has 104 valence electrons. The third-order valence-corrected chi connectivity index (χ3v) is 1.20. The van der Waals surface area contributed by atoms with E-state index in [1.54, 1.807) is 0 Å². The molecule has 0 aliphatic heterocycles. The van der Waals surface area contributed by atoms with E-state index < -0.39 is 0 Å².